The van der Waals surface area contributed by atoms with Gasteiger partial charge in [-0.1, -0.05) is 25.1 Å². The third kappa shape index (κ3) is 0.875. The first kappa shape index (κ1) is 8.22. The Balaban J connectivity index is 2.27. The Morgan fingerprint density at radius 3 is 3.07 bits per heavy atom. The van der Waals surface area contributed by atoms with Crippen molar-refractivity contribution in [2.24, 2.45) is 5.92 Å². The monoisotopic (exact) mass is 186 g/mol. The molecule has 1 nitrogen and oxygen atoms in total. The number of rotatable bonds is 0. The van der Waals surface area contributed by atoms with Crippen LogP contribution in [0, 0.1) is 5.92 Å². The molecule has 2 aliphatic carbocycles. The van der Waals surface area contributed by atoms with E-state index in [4.69, 9.17) is 0 Å². The Bertz CT molecular complexity index is 406. The van der Waals surface area contributed by atoms with Gasteiger partial charge in [-0.25, -0.2) is 0 Å². The minimum absolute atomic E-state index is 0.228. The number of hydrogen-bond acceptors (Lipinski definition) is 1. The van der Waals surface area contributed by atoms with Crippen molar-refractivity contribution in [3.8, 4) is 0 Å². The van der Waals surface area contributed by atoms with E-state index in [0.717, 1.165) is 5.56 Å². The molecule has 1 aromatic carbocycles. The molecule has 2 unspecified atom stereocenters. The van der Waals surface area contributed by atoms with Gasteiger partial charge in [-0.2, -0.15) is 0 Å². The molecule has 2 atom stereocenters. The molecule has 0 saturated heterocycles. The summed E-state index contributed by atoms with van der Waals surface area (Å²) in [5.41, 5.74) is 3.83. The third-order valence-corrected chi connectivity index (χ3v) is 3.81. The lowest BCUT2D eigenvalue weighted by atomic mass is 9.81. The summed E-state index contributed by atoms with van der Waals surface area (Å²) in [4.78, 5) is 11.9. The second-order valence-electron chi connectivity index (χ2n) is 4.53. The molecule has 0 saturated carbocycles. The number of aryl methyl sites for hydroxylation is 1. The zero-order valence-corrected chi connectivity index (χ0v) is 8.42. The van der Waals surface area contributed by atoms with Crippen LogP contribution in [-0.2, 0) is 6.42 Å². The number of ketones is 1. The van der Waals surface area contributed by atoms with E-state index in [2.05, 4.69) is 13.0 Å². The summed E-state index contributed by atoms with van der Waals surface area (Å²) in [6, 6.07) is 6.23. The lowest BCUT2D eigenvalue weighted by Crippen LogP contribution is -2.12. The van der Waals surface area contributed by atoms with Gasteiger partial charge in [-0.15, -0.1) is 0 Å². The summed E-state index contributed by atoms with van der Waals surface area (Å²) in [6.45, 7) is 2.09. The van der Waals surface area contributed by atoms with Crippen LogP contribution in [0.1, 0.15) is 47.2 Å². The lowest BCUT2D eigenvalue weighted by molar-refractivity contribution is 0.0931. The van der Waals surface area contributed by atoms with Crippen molar-refractivity contribution in [3.63, 3.8) is 0 Å². The van der Waals surface area contributed by atoms with Gasteiger partial charge >= 0.3 is 0 Å². The molecule has 1 aromatic rings. The van der Waals surface area contributed by atoms with Gasteiger partial charge in [0, 0.05) is 11.5 Å². The lowest BCUT2D eigenvalue weighted by Gasteiger charge is -2.23. The highest BCUT2D eigenvalue weighted by molar-refractivity contribution is 6.03. The van der Waals surface area contributed by atoms with Crippen molar-refractivity contribution >= 4 is 5.78 Å². The highest BCUT2D eigenvalue weighted by Crippen LogP contribution is 2.45. The van der Waals surface area contributed by atoms with Gasteiger partial charge in [-0.3, -0.25) is 4.79 Å². The normalized spacial score (nSPS) is 29.1. The molecular formula is C13H14O. The first-order valence-corrected chi connectivity index (χ1v) is 5.45. The van der Waals surface area contributed by atoms with Gasteiger partial charge in [0.2, 0.25) is 0 Å². The zero-order chi connectivity index (χ0) is 9.71. The third-order valence-electron chi connectivity index (χ3n) is 3.81. The predicted molar refractivity (Wildman–Crippen MR) is 55.6 cm³/mol. The van der Waals surface area contributed by atoms with Crippen LogP contribution in [0.4, 0.5) is 0 Å². The Morgan fingerprint density at radius 1 is 1.36 bits per heavy atom. The van der Waals surface area contributed by atoms with E-state index in [1.807, 2.05) is 12.1 Å². The fraction of sp³-hybridized carbons (Fsp3) is 0.462. The molecule has 0 heterocycles. The topological polar surface area (TPSA) is 17.1 Å². The number of hydrogen-bond donors (Lipinski definition) is 0. The minimum Gasteiger partial charge on any atom is -0.294 e. The van der Waals surface area contributed by atoms with E-state index in [1.165, 1.54) is 30.4 Å². The fourth-order valence-corrected chi connectivity index (χ4v) is 3.07. The summed E-state index contributed by atoms with van der Waals surface area (Å²) in [5, 5.41) is 0. The van der Waals surface area contributed by atoms with Crippen LogP contribution >= 0.6 is 0 Å². The Hall–Kier alpha value is -1.11. The summed E-state index contributed by atoms with van der Waals surface area (Å²) in [7, 11) is 0. The molecule has 0 bridgehead atoms. The van der Waals surface area contributed by atoms with Crippen LogP contribution in [0.3, 0.4) is 0 Å². The molecule has 14 heavy (non-hydrogen) atoms. The van der Waals surface area contributed by atoms with E-state index in [9.17, 15) is 4.79 Å². The number of Topliss-reactive ketones (excluding diaryl/α,β-unsaturated/α-hetero) is 1. The predicted octanol–water partition coefficient (Wildman–Crippen LogP) is 2.94. The van der Waals surface area contributed by atoms with Gasteiger partial charge in [0.05, 0.1) is 0 Å². The van der Waals surface area contributed by atoms with Gasteiger partial charge in [0.15, 0.2) is 5.78 Å². The van der Waals surface area contributed by atoms with Crippen molar-refractivity contribution in [2.75, 3.05) is 0 Å². The smallest absolute Gasteiger partial charge is 0.166 e. The van der Waals surface area contributed by atoms with E-state index < -0.39 is 0 Å². The van der Waals surface area contributed by atoms with E-state index >= 15 is 0 Å². The van der Waals surface area contributed by atoms with Crippen molar-refractivity contribution in [1.29, 1.82) is 0 Å². The molecule has 2 aliphatic rings. The largest absolute Gasteiger partial charge is 0.294 e. The molecule has 0 amide bonds. The molecule has 0 radical (unpaired) electrons. The summed E-state index contributed by atoms with van der Waals surface area (Å²) in [6.07, 6.45) is 3.62. The Kier molecular flexibility index (Phi) is 1.58. The molecule has 0 N–H and O–H groups in total. The summed E-state index contributed by atoms with van der Waals surface area (Å²) >= 11 is 0. The van der Waals surface area contributed by atoms with Crippen LogP contribution in [-0.4, -0.2) is 5.78 Å². The van der Waals surface area contributed by atoms with Gasteiger partial charge < -0.3 is 0 Å². The van der Waals surface area contributed by atoms with Crippen LogP contribution in [0.15, 0.2) is 18.2 Å². The highest BCUT2D eigenvalue weighted by atomic mass is 16.1. The highest BCUT2D eigenvalue weighted by Gasteiger charge is 2.39. The molecule has 3 rings (SSSR count). The van der Waals surface area contributed by atoms with Crippen LogP contribution < -0.4 is 0 Å². The van der Waals surface area contributed by atoms with Gasteiger partial charge in [0.1, 0.15) is 0 Å². The van der Waals surface area contributed by atoms with Crippen molar-refractivity contribution < 1.29 is 4.79 Å². The van der Waals surface area contributed by atoms with Crippen LogP contribution in [0.2, 0.25) is 0 Å². The quantitative estimate of drug-likeness (QED) is 0.608. The number of carbonyl (C=O) groups excluding carboxylic acids is 1. The standard InChI is InChI=1S/C13H14O/c1-8-10-6-2-4-9-5-3-7-11(12(9)10)13(8)14/h3,5,7-8,10H,2,4,6H2,1H3. The molecule has 0 fully saturated rings. The number of carbonyl (C=O) groups is 1. The molecule has 1 heteroatoms. The Labute approximate surface area is 84.1 Å². The van der Waals surface area contributed by atoms with Gasteiger partial charge in [0.25, 0.3) is 0 Å². The maximum atomic E-state index is 11.9. The average Bonchev–Trinajstić information content (AvgIpc) is 2.47. The fourth-order valence-electron chi connectivity index (χ4n) is 3.07. The van der Waals surface area contributed by atoms with E-state index in [1.54, 1.807) is 0 Å². The van der Waals surface area contributed by atoms with Gasteiger partial charge in [-0.05, 0) is 36.3 Å². The first-order valence-electron chi connectivity index (χ1n) is 5.45. The second kappa shape index (κ2) is 2.69. The zero-order valence-electron chi connectivity index (χ0n) is 8.42. The minimum atomic E-state index is 0.228. The molecule has 0 spiro atoms. The van der Waals surface area contributed by atoms with E-state index in [0.29, 0.717) is 11.7 Å². The summed E-state index contributed by atoms with van der Waals surface area (Å²) < 4.78 is 0. The first-order chi connectivity index (χ1) is 6.79. The molecule has 72 valence electrons. The number of benzene rings is 1. The molecule has 0 aromatic heterocycles. The Morgan fingerprint density at radius 2 is 2.21 bits per heavy atom. The van der Waals surface area contributed by atoms with Crippen LogP contribution in [0.25, 0.3) is 0 Å². The second-order valence-corrected chi connectivity index (χ2v) is 4.53. The summed E-state index contributed by atoms with van der Waals surface area (Å²) in [5.74, 6) is 1.13. The maximum Gasteiger partial charge on any atom is 0.166 e. The van der Waals surface area contributed by atoms with Crippen LogP contribution in [0.5, 0.6) is 0 Å². The molecule has 0 aliphatic heterocycles. The van der Waals surface area contributed by atoms with E-state index in [-0.39, 0.29) is 5.92 Å². The molecular weight excluding hydrogens is 172 g/mol. The SMILES string of the molecule is CC1C(=O)c2cccc3c2C1CCC3. The van der Waals surface area contributed by atoms with Crippen molar-refractivity contribution in [2.45, 2.75) is 32.1 Å². The maximum absolute atomic E-state index is 11.9. The van der Waals surface area contributed by atoms with Crippen molar-refractivity contribution in [3.05, 3.63) is 34.9 Å². The average molecular weight is 186 g/mol. The van der Waals surface area contributed by atoms with Crippen molar-refractivity contribution in [1.82, 2.24) is 0 Å².